The third kappa shape index (κ3) is 2.15. The van der Waals surface area contributed by atoms with Gasteiger partial charge in [0.1, 0.15) is 0 Å². The number of benzene rings is 1. The summed E-state index contributed by atoms with van der Waals surface area (Å²) in [5.74, 6) is -0.819. The van der Waals surface area contributed by atoms with Crippen molar-refractivity contribution < 1.29 is 4.79 Å². The molecule has 0 radical (unpaired) electrons. The SMILES string of the molecule is Cc1ccc(-n2nc(C(N)=O)c(=O)cc2C)cc1. The van der Waals surface area contributed by atoms with Gasteiger partial charge in [-0.05, 0) is 26.0 Å². The molecule has 0 spiro atoms. The van der Waals surface area contributed by atoms with Crippen LogP contribution in [0, 0.1) is 13.8 Å². The fraction of sp³-hybridized carbons (Fsp3) is 0.154. The Morgan fingerprint density at radius 1 is 1.22 bits per heavy atom. The molecule has 0 aliphatic rings. The average molecular weight is 243 g/mol. The molecule has 0 fully saturated rings. The van der Waals surface area contributed by atoms with Crippen LogP contribution in [-0.4, -0.2) is 15.7 Å². The number of carbonyl (C=O) groups excluding carboxylic acids is 1. The molecule has 2 N–H and O–H groups in total. The Bertz CT molecular complexity index is 657. The highest BCUT2D eigenvalue weighted by molar-refractivity contribution is 5.90. The van der Waals surface area contributed by atoms with E-state index in [-0.39, 0.29) is 5.69 Å². The molecule has 0 unspecified atom stereocenters. The summed E-state index contributed by atoms with van der Waals surface area (Å²) in [5, 5.41) is 4.00. The van der Waals surface area contributed by atoms with E-state index in [1.165, 1.54) is 10.7 Å². The lowest BCUT2D eigenvalue weighted by Gasteiger charge is -2.10. The molecule has 5 heteroatoms. The minimum atomic E-state index is -0.819. The third-order valence-electron chi connectivity index (χ3n) is 2.62. The largest absolute Gasteiger partial charge is 0.364 e. The second-order valence-corrected chi connectivity index (χ2v) is 4.11. The van der Waals surface area contributed by atoms with E-state index >= 15 is 0 Å². The Kier molecular flexibility index (Phi) is 2.97. The molecule has 0 saturated carbocycles. The van der Waals surface area contributed by atoms with Gasteiger partial charge in [-0.3, -0.25) is 9.59 Å². The highest BCUT2D eigenvalue weighted by Crippen LogP contribution is 2.09. The number of hydrogen-bond donors (Lipinski definition) is 1. The van der Waals surface area contributed by atoms with Crippen LogP contribution in [0.4, 0.5) is 0 Å². The number of carbonyl (C=O) groups is 1. The van der Waals surface area contributed by atoms with Crippen LogP contribution in [0.3, 0.4) is 0 Å². The number of nitrogens with zero attached hydrogens (tertiary/aromatic N) is 2. The zero-order chi connectivity index (χ0) is 13.3. The van der Waals surface area contributed by atoms with Crippen molar-refractivity contribution in [1.29, 1.82) is 0 Å². The van der Waals surface area contributed by atoms with Gasteiger partial charge in [0, 0.05) is 11.8 Å². The Hall–Kier alpha value is -2.43. The average Bonchev–Trinajstić information content (AvgIpc) is 2.30. The first kappa shape index (κ1) is 12.0. The van der Waals surface area contributed by atoms with Crippen molar-refractivity contribution in [3.63, 3.8) is 0 Å². The van der Waals surface area contributed by atoms with Gasteiger partial charge in [0.05, 0.1) is 5.69 Å². The van der Waals surface area contributed by atoms with Gasteiger partial charge in [0.2, 0.25) is 5.43 Å². The van der Waals surface area contributed by atoms with E-state index in [1.807, 2.05) is 31.2 Å². The molecule has 2 rings (SSSR count). The van der Waals surface area contributed by atoms with E-state index in [2.05, 4.69) is 5.10 Å². The van der Waals surface area contributed by atoms with Gasteiger partial charge < -0.3 is 5.73 Å². The molecule has 1 heterocycles. The van der Waals surface area contributed by atoms with Gasteiger partial charge in [0.25, 0.3) is 5.91 Å². The van der Waals surface area contributed by atoms with E-state index in [0.29, 0.717) is 5.69 Å². The van der Waals surface area contributed by atoms with E-state index < -0.39 is 11.3 Å². The lowest BCUT2D eigenvalue weighted by Crippen LogP contribution is -2.27. The topological polar surface area (TPSA) is 78.0 Å². The zero-order valence-corrected chi connectivity index (χ0v) is 10.2. The van der Waals surface area contributed by atoms with E-state index in [9.17, 15) is 9.59 Å². The van der Waals surface area contributed by atoms with Crippen LogP contribution in [0.25, 0.3) is 5.69 Å². The van der Waals surface area contributed by atoms with Crippen molar-refractivity contribution in [3.05, 3.63) is 57.5 Å². The maximum atomic E-state index is 11.5. The summed E-state index contributed by atoms with van der Waals surface area (Å²) in [6.45, 7) is 3.73. The lowest BCUT2D eigenvalue weighted by atomic mass is 10.2. The fourth-order valence-electron chi connectivity index (χ4n) is 1.67. The van der Waals surface area contributed by atoms with Crippen LogP contribution in [0.1, 0.15) is 21.7 Å². The van der Waals surface area contributed by atoms with Crippen LogP contribution in [-0.2, 0) is 0 Å². The highest BCUT2D eigenvalue weighted by Gasteiger charge is 2.11. The van der Waals surface area contributed by atoms with Gasteiger partial charge in [-0.1, -0.05) is 17.7 Å². The minimum Gasteiger partial charge on any atom is -0.364 e. The van der Waals surface area contributed by atoms with Crippen LogP contribution in [0.5, 0.6) is 0 Å². The zero-order valence-electron chi connectivity index (χ0n) is 10.2. The van der Waals surface area contributed by atoms with Gasteiger partial charge in [-0.2, -0.15) is 5.10 Å². The number of amides is 1. The molecule has 1 aromatic carbocycles. The Labute approximate surface area is 104 Å². The van der Waals surface area contributed by atoms with Gasteiger partial charge >= 0.3 is 0 Å². The maximum absolute atomic E-state index is 11.5. The number of nitrogens with two attached hydrogens (primary N) is 1. The first-order valence-corrected chi connectivity index (χ1v) is 5.47. The molecule has 0 bridgehead atoms. The lowest BCUT2D eigenvalue weighted by molar-refractivity contribution is 0.0992. The molecule has 1 amide bonds. The van der Waals surface area contributed by atoms with Gasteiger partial charge in [0.15, 0.2) is 5.69 Å². The molecule has 2 aromatic rings. The summed E-state index contributed by atoms with van der Waals surface area (Å²) in [4.78, 5) is 22.7. The normalized spacial score (nSPS) is 10.3. The molecule has 18 heavy (non-hydrogen) atoms. The molecule has 0 saturated heterocycles. The molecule has 5 nitrogen and oxygen atoms in total. The van der Waals surface area contributed by atoms with Crippen molar-refractivity contribution in [2.75, 3.05) is 0 Å². The summed E-state index contributed by atoms with van der Waals surface area (Å²) in [5.41, 5.74) is 6.96. The summed E-state index contributed by atoms with van der Waals surface area (Å²) in [6.07, 6.45) is 0. The standard InChI is InChI=1S/C13H13N3O2/c1-8-3-5-10(6-4-8)16-9(2)7-11(17)12(15-16)13(14)18/h3-7H,1-2H3,(H2,14,18). The van der Waals surface area contributed by atoms with Gasteiger partial charge in [-0.15, -0.1) is 0 Å². The molecule has 0 aliphatic heterocycles. The molecule has 0 atom stereocenters. The minimum absolute atomic E-state index is 0.249. The quantitative estimate of drug-likeness (QED) is 0.852. The smallest absolute Gasteiger partial charge is 0.273 e. The van der Waals surface area contributed by atoms with Crippen LogP contribution in [0.15, 0.2) is 35.1 Å². The molecular weight excluding hydrogens is 230 g/mol. The third-order valence-corrected chi connectivity index (χ3v) is 2.62. The first-order chi connectivity index (χ1) is 8.49. The second-order valence-electron chi connectivity index (χ2n) is 4.11. The fourth-order valence-corrected chi connectivity index (χ4v) is 1.67. The Morgan fingerprint density at radius 2 is 1.83 bits per heavy atom. The molecule has 1 aromatic heterocycles. The maximum Gasteiger partial charge on any atom is 0.273 e. The predicted octanol–water partition coefficient (Wildman–Crippen LogP) is 0.948. The Balaban J connectivity index is 2.64. The van der Waals surface area contributed by atoms with Crippen LogP contribution >= 0.6 is 0 Å². The predicted molar refractivity (Wildman–Crippen MR) is 67.8 cm³/mol. The second kappa shape index (κ2) is 4.44. The number of aryl methyl sites for hydroxylation is 2. The first-order valence-electron chi connectivity index (χ1n) is 5.47. The van der Waals surface area contributed by atoms with Crippen LogP contribution < -0.4 is 11.2 Å². The van der Waals surface area contributed by atoms with Crippen molar-refractivity contribution in [2.45, 2.75) is 13.8 Å². The number of rotatable bonds is 2. The number of hydrogen-bond acceptors (Lipinski definition) is 3. The molecule has 92 valence electrons. The summed E-state index contributed by atoms with van der Waals surface area (Å²) >= 11 is 0. The molecular formula is C13H13N3O2. The van der Waals surface area contributed by atoms with Crippen molar-refractivity contribution in [3.8, 4) is 5.69 Å². The van der Waals surface area contributed by atoms with E-state index in [4.69, 9.17) is 5.73 Å². The summed E-state index contributed by atoms with van der Waals surface area (Å²) in [6, 6.07) is 8.94. The Morgan fingerprint density at radius 3 is 2.39 bits per heavy atom. The van der Waals surface area contributed by atoms with E-state index in [1.54, 1.807) is 6.92 Å². The monoisotopic (exact) mass is 243 g/mol. The van der Waals surface area contributed by atoms with Crippen molar-refractivity contribution in [2.24, 2.45) is 5.73 Å². The molecule has 0 aliphatic carbocycles. The summed E-state index contributed by atoms with van der Waals surface area (Å²) < 4.78 is 1.53. The van der Waals surface area contributed by atoms with Crippen molar-refractivity contribution in [1.82, 2.24) is 9.78 Å². The number of aromatic nitrogens is 2. The van der Waals surface area contributed by atoms with Crippen molar-refractivity contribution >= 4 is 5.91 Å². The highest BCUT2D eigenvalue weighted by atomic mass is 16.2. The van der Waals surface area contributed by atoms with Gasteiger partial charge in [-0.25, -0.2) is 4.68 Å². The summed E-state index contributed by atoms with van der Waals surface area (Å²) in [7, 11) is 0. The van der Waals surface area contributed by atoms with Crippen LogP contribution in [0.2, 0.25) is 0 Å². The van der Waals surface area contributed by atoms with E-state index in [0.717, 1.165) is 11.3 Å². The number of primary amides is 1.